The second kappa shape index (κ2) is 4.05. The summed E-state index contributed by atoms with van der Waals surface area (Å²) in [5, 5.41) is 3.59. The summed E-state index contributed by atoms with van der Waals surface area (Å²) in [6.07, 6.45) is 0. The Morgan fingerprint density at radius 2 is 2.06 bits per heavy atom. The average molecular weight is 268 g/mol. The van der Waals surface area contributed by atoms with Gasteiger partial charge >= 0.3 is 0 Å². The number of hydrogen-bond donors (Lipinski definition) is 2. The molecule has 2 aromatic rings. The number of aromatic nitrogens is 2. The highest BCUT2D eigenvalue weighted by molar-refractivity contribution is 8.14. The van der Waals surface area contributed by atoms with Crippen molar-refractivity contribution in [3.8, 4) is 0 Å². The van der Waals surface area contributed by atoms with Crippen LogP contribution in [-0.2, 0) is 0 Å². The molecule has 2 N–H and O–H groups in total. The molecule has 3 rings (SSSR count). The van der Waals surface area contributed by atoms with Crippen molar-refractivity contribution in [2.24, 2.45) is 5.10 Å². The highest BCUT2D eigenvalue weighted by Gasteiger charge is 2.17. The normalized spacial score (nSPS) is 15.7. The molecule has 0 spiro atoms. The van der Waals surface area contributed by atoms with Crippen molar-refractivity contribution in [1.82, 2.24) is 15.4 Å². The van der Waals surface area contributed by atoms with E-state index in [9.17, 15) is 13.6 Å². The van der Waals surface area contributed by atoms with Gasteiger partial charge in [-0.3, -0.25) is 4.79 Å². The number of imidazole rings is 1. The minimum atomic E-state index is -0.950. The molecule has 0 radical (unpaired) electrons. The van der Waals surface area contributed by atoms with Gasteiger partial charge in [0.1, 0.15) is 5.71 Å². The summed E-state index contributed by atoms with van der Waals surface area (Å²) in [6, 6.07) is 2.05. The van der Waals surface area contributed by atoms with Gasteiger partial charge in [-0.2, -0.15) is 5.10 Å². The van der Waals surface area contributed by atoms with Crippen molar-refractivity contribution in [2.75, 3.05) is 5.75 Å². The number of rotatable bonds is 1. The van der Waals surface area contributed by atoms with E-state index >= 15 is 0 Å². The summed E-state index contributed by atoms with van der Waals surface area (Å²) in [6.45, 7) is 0. The Morgan fingerprint density at radius 3 is 2.78 bits per heavy atom. The first-order valence-corrected chi connectivity index (χ1v) is 5.96. The standard InChI is InChI=1S/C10H6F2N4OS/c11-4-1-6-7(2-5(4)12)14-9(13-6)8-3-18-10(17)16-15-8/h1-2H,3H2,(H,13,14)(H,16,17). The maximum atomic E-state index is 13.0. The summed E-state index contributed by atoms with van der Waals surface area (Å²) >= 11 is 1.05. The summed E-state index contributed by atoms with van der Waals surface area (Å²) in [4.78, 5) is 17.9. The monoisotopic (exact) mass is 268 g/mol. The third-order valence-electron chi connectivity index (χ3n) is 2.42. The number of amides is 1. The molecule has 92 valence electrons. The van der Waals surface area contributed by atoms with Crippen molar-refractivity contribution in [1.29, 1.82) is 0 Å². The zero-order chi connectivity index (χ0) is 12.7. The Labute approximate surface area is 104 Å². The fourth-order valence-electron chi connectivity index (χ4n) is 1.57. The smallest absolute Gasteiger partial charge is 0.299 e. The van der Waals surface area contributed by atoms with E-state index in [1.54, 1.807) is 0 Å². The van der Waals surface area contributed by atoms with Crippen molar-refractivity contribution in [3.63, 3.8) is 0 Å². The second-order valence-electron chi connectivity index (χ2n) is 3.62. The minimum absolute atomic E-state index is 0.244. The topological polar surface area (TPSA) is 70.1 Å². The Hall–Kier alpha value is -1.96. The van der Waals surface area contributed by atoms with Gasteiger partial charge in [-0.15, -0.1) is 0 Å². The molecule has 1 aliphatic rings. The third-order valence-corrected chi connectivity index (χ3v) is 3.19. The SMILES string of the molecule is O=C1NN=C(c2nc3cc(F)c(F)cc3[nH]2)CS1. The van der Waals surface area contributed by atoms with Crippen LogP contribution < -0.4 is 5.43 Å². The fourth-order valence-corrected chi connectivity index (χ4v) is 2.15. The van der Waals surface area contributed by atoms with E-state index in [1.165, 1.54) is 0 Å². The highest BCUT2D eigenvalue weighted by Crippen LogP contribution is 2.18. The van der Waals surface area contributed by atoms with E-state index in [2.05, 4.69) is 20.5 Å². The fraction of sp³-hybridized carbons (Fsp3) is 0.100. The number of halogens is 2. The van der Waals surface area contributed by atoms with Crippen LogP contribution in [0.5, 0.6) is 0 Å². The van der Waals surface area contributed by atoms with Gasteiger partial charge < -0.3 is 4.98 Å². The molecular formula is C10H6F2N4OS. The van der Waals surface area contributed by atoms with E-state index in [4.69, 9.17) is 0 Å². The Kier molecular flexibility index (Phi) is 2.51. The van der Waals surface area contributed by atoms with Crippen LogP contribution in [0.4, 0.5) is 13.6 Å². The van der Waals surface area contributed by atoms with E-state index < -0.39 is 11.6 Å². The molecule has 18 heavy (non-hydrogen) atoms. The van der Waals surface area contributed by atoms with E-state index in [-0.39, 0.29) is 5.24 Å². The van der Waals surface area contributed by atoms with Crippen LogP contribution in [0.3, 0.4) is 0 Å². The Bertz CT molecular complexity index is 643. The number of aromatic amines is 1. The van der Waals surface area contributed by atoms with Gasteiger partial charge in [0.2, 0.25) is 0 Å². The molecule has 1 aromatic carbocycles. The first-order chi connectivity index (χ1) is 8.63. The number of carbonyl (C=O) groups is 1. The molecule has 0 aliphatic carbocycles. The number of thioether (sulfide) groups is 1. The molecule has 1 aromatic heterocycles. The lowest BCUT2D eigenvalue weighted by atomic mass is 10.3. The molecule has 1 aliphatic heterocycles. The predicted molar refractivity (Wildman–Crippen MR) is 63.5 cm³/mol. The van der Waals surface area contributed by atoms with Crippen molar-refractivity contribution < 1.29 is 13.6 Å². The Morgan fingerprint density at radius 1 is 1.28 bits per heavy atom. The molecule has 0 unspecified atom stereocenters. The molecule has 8 heteroatoms. The summed E-state index contributed by atoms with van der Waals surface area (Å²) in [5.74, 6) is -1.14. The molecular weight excluding hydrogens is 262 g/mol. The maximum absolute atomic E-state index is 13.0. The van der Waals surface area contributed by atoms with Crippen molar-refractivity contribution >= 4 is 33.7 Å². The summed E-state index contributed by atoms with van der Waals surface area (Å²) < 4.78 is 26.1. The number of nitrogens with one attached hydrogen (secondary N) is 2. The highest BCUT2D eigenvalue weighted by atomic mass is 32.2. The van der Waals surface area contributed by atoms with E-state index in [0.717, 1.165) is 23.9 Å². The number of hydrogen-bond acceptors (Lipinski definition) is 4. The van der Waals surface area contributed by atoms with Crippen LogP contribution in [-0.4, -0.2) is 26.7 Å². The van der Waals surface area contributed by atoms with Gasteiger partial charge in [-0.25, -0.2) is 19.2 Å². The van der Waals surface area contributed by atoms with Gasteiger partial charge in [0.25, 0.3) is 5.24 Å². The maximum Gasteiger partial charge on any atom is 0.299 e. The average Bonchev–Trinajstić information content (AvgIpc) is 2.73. The van der Waals surface area contributed by atoms with Crippen LogP contribution >= 0.6 is 11.8 Å². The van der Waals surface area contributed by atoms with Gasteiger partial charge in [0, 0.05) is 12.1 Å². The first-order valence-electron chi connectivity index (χ1n) is 4.98. The molecule has 1 amide bonds. The van der Waals surface area contributed by atoms with Crippen LogP contribution in [0.15, 0.2) is 17.2 Å². The number of H-pyrrole nitrogens is 1. The van der Waals surface area contributed by atoms with Crippen LogP contribution in [0.2, 0.25) is 0 Å². The summed E-state index contributed by atoms with van der Waals surface area (Å²) in [7, 11) is 0. The van der Waals surface area contributed by atoms with Crippen LogP contribution in [0.25, 0.3) is 11.0 Å². The second-order valence-corrected chi connectivity index (χ2v) is 4.56. The molecule has 2 heterocycles. The summed E-state index contributed by atoms with van der Waals surface area (Å²) in [5.41, 5.74) is 3.52. The number of nitrogens with zero attached hydrogens (tertiary/aromatic N) is 2. The molecule has 0 saturated heterocycles. The van der Waals surface area contributed by atoms with E-state index in [0.29, 0.717) is 28.3 Å². The van der Waals surface area contributed by atoms with Gasteiger partial charge in [0.05, 0.1) is 16.8 Å². The lowest BCUT2D eigenvalue weighted by Crippen LogP contribution is -2.24. The zero-order valence-electron chi connectivity index (χ0n) is 8.83. The number of hydrazone groups is 1. The molecule has 0 saturated carbocycles. The Balaban J connectivity index is 2.06. The number of fused-ring (bicyclic) bond motifs is 1. The lowest BCUT2D eigenvalue weighted by molar-refractivity contribution is 0.261. The predicted octanol–water partition coefficient (Wildman–Crippen LogP) is 2.00. The van der Waals surface area contributed by atoms with E-state index in [1.807, 2.05) is 0 Å². The molecule has 0 fully saturated rings. The largest absolute Gasteiger partial charge is 0.337 e. The van der Waals surface area contributed by atoms with Crippen LogP contribution in [0.1, 0.15) is 5.82 Å². The quantitative estimate of drug-likeness (QED) is 0.831. The number of benzene rings is 1. The van der Waals surface area contributed by atoms with Gasteiger partial charge in [0.15, 0.2) is 17.5 Å². The first kappa shape index (κ1) is 11.1. The zero-order valence-corrected chi connectivity index (χ0v) is 9.65. The minimum Gasteiger partial charge on any atom is -0.337 e. The number of carbonyl (C=O) groups excluding carboxylic acids is 1. The van der Waals surface area contributed by atoms with Gasteiger partial charge in [-0.05, 0) is 0 Å². The van der Waals surface area contributed by atoms with Crippen molar-refractivity contribution in [2.45, 2.75) is 0 Å². The molecule has 0 atom stereocenters. The third kappa shape index (κ3) is 1.84. The van der Waals surface area contributed by atoms with Crippen LogP contribution in [0, 0.1) is 11.6 Å². The van der Waals surface area contributed by atoms with Crippen molar-refractivity contribution in [3.05, 3.63) is 29.6 Å². The molecule has 5 nitrogen and oxygen atoms in total. The lowest BCUT2D eigenvalue weighted by Gasteiger charge is -2.08. The van der Waals surface area contributed by atoms with Gasteiger partial charge in [-0.1, -0.05) is 11.8 Å². The molecule has 0 bridgehead atoms.